The highest BCUT2D eigenvalue weighted by atomic mass is 16.1. The van der Waals surface area contributed by atoms with Gasteiger partial charge in [0.05, 0.1) is 24.0 Å². The molecule has 2 aromatic heterocycles. The van der Waals surface area contributed by atoms with E-state index in [-0.39, 0.29) is 5.91 Å². The lowest BCUT2D eigenvalue weighted by Crippen LogP contribution is -2.13. The van der Waals surface area contributed by atoms with Crippen molar-refractivity contribution >= 4 is 39.6 Å². The molecular formula is C29H21N5O. The van der Waals surface area contributed by atoms with Crippen molar-refractivity contribution in [3.8, 4) is 0 Å². The first-order valence-corrected chi connectivity index (χ1v) is 11.1. The number of fused-ring (bicyclic) bond motifs is 1. The maximum Gasteiger partial charge on any atom is 0.274 e. The lowest BCUT2D eigenvalue weighted by molar-refractivity contribution is 0.102. The van der Waals surface area contributed by atoms with Gasteiger partial charge in [0.25, 0.3) is 5.91 Å². The van der Waals surface area contributed by atoms with Crippen LogP contribution >= 0.6 is 0 Å². The van der Waals surface area contributed by atoms with E-state index >= 15 is 0 Å². The smallest absolute Gasteiger partial charge is 0.274 e. The fraction of sp³-hybridized carbons (Fsp3) is 0.0345. The predicted molar refractivity (Wildman–Crippen MR) is 139 cm³/mol. The molecule has 5 rings (SSSR count). The number of nitrogens with zero attached hydrogens (tertiary/aromatic N) is 3. The summed E-state index contributed by atoms with van der Waals surface area (Å²) in [6.45, 7) is 7.25. The first-order valence-electron chi connectivity index (χ1n) is 11.1. The van der Waals surface area contributed by atoms with Crippen LogP contribution in [-0.2, 0) is 6.42 Å². The Morgan fingerprint density at radius 2 is 1.60 bits per heavy atom. The van der Waals surface area contributed by atoms with Crippen LogP contribution in [0.5, 0.6) is 0 Å². The molecule has 0 atom stereocenters. The molecule has 2 heterocycles. The summed E-state index contributed by atoms with van der Waals surface area (Å²) in [5.41, 5.74) is 6.34. The van der Waals surface area contributed by atoms with Gasteiger partial charge in [-0.25, -0.2) is 9.83 Å². The van der Waals surface area contributed by atoms with E-state index in [4.69, 9.17) is 6.57 Å². The number of carbonyl (C=O) groups is 1. The topological polar surface area (TPSA) is 71.3 Å². The molecule has 6 heteroatoms. The molecule has 6 nitrogen and oxygen atoms in total. The van der Waals surface area contributed by atoms with E-state index in [0.717, 1.165) is 34.4 Å². The van der Waals surface area contributed by atoms with Crippen molar-refractivity contribution in [2.75, 3.05) is 10.6 Å². The molecule has 3 aromatic carbocycles. The molecular weight excluding hydrogens is 434 g/mol. The van der Waals surface area contributed by atoms with Gasteiger partial charge in [0.1, 0.15) is 5.69 Å². The fourth-order valence-electron chi connectivity index (χ4n) is 3.80. The second-order valence-corrected chi connectivity index (χ2v) is 8.04. The number of nitrogens with one attached hydrogen (secondary N) is 2. The number of benzene rings is 3. The Morgan fingerprint density at radius 1 is 0.829 bits per heavy atom. The monoisotopic (exact) mass is 455 g/mol. The third-order valence-electron chi connectivity index (χ3n) is 5.59. The third kappa shape index (κ3) is 5.15. The molecule has 0 aliphatic carbocycles. The summed E-state index contributed by atoms with van der Waals surface area (Å²) in [5.74, 6) is -0.275. The Hall–Kier alpha value is -5.02. The number of rotatable bonds is 6. The first-order chi connectivity index (χ1) is 17.2. The number of hydrogen-bond acceptors (Lipinski definition) is 4. The number of anilines is 3. The van der Waals surface area contributed by atoms with E-state index in [0.29, 0.717) is 11.4 Å². The molecule has 0 saturated heterocycles. The van der Waals surface area contributed by atoms with Crippen LogP contribution in [0, 0.1) is 6.57 Å². The van der Waals surface area contributed by atoms with Gasteiger partial charge in [-0.05, 0) is 60.0 Å². The Balaban J connectivity index is 1.25. The van der Waals surface area contributed by atoms with Crippen molar-refractivity contribution in [2.24, 2.45) is 0 Å². The predicted octanol–water partition coefficient (Wildman–Crippen LogP) is 6.77. The van der Waals surface area contributed by atoms with Crippen LogP contribution < -0.4 is 10.6 Å². The van der Waals surface area contributed by atoms with E-state index in [1.54, 1.807) is 36.7 Å². The number of amides is 1. The van der Waals surface area contributed by atoms with Gasteiger partial charge in [-0.3, -0.25) is 9.78 Å². The zero-order valence-corrected chi connectivity index (χ0v) is 18.8. The van der Waals surface area contributed by atoms with Gasteiger partial charge in [-0.2, -0.15) is 0 Å². The Kier molecular flexibility index (Phi) is 6.14. The summed E-state index contributed by atoms with van der Waals surface area (Å²) in [4.78, 5) is 24.8. The van der Waals surface area contributed by atoms with Crippen molar-refractivity contribution in [1.29, 1.82) is 0 Å². The summed E-state index contributed by atoms with van der Waals surface area (Å²) >= 11 is 0. The maximum atomic E-state index is 12.7. The molecule has 168 valence electrons. The minimum absolute atomic E-state index is 0.275. The average Bonchev–Trinajstić information content (AvgIpc) is 2.91. The molecule has 1 amide bonds. The summed E-state index contributed by atoms with van der Waals surface area (Å²) < 4.78 is 0. The molecule has 0 saturated carbocycles. The summed E-state index contributed by atoms with van der Waals surface area (Å²) in [6, 6.07) is 28.8. The van der Waals surface area contributed by atoms with Crippen molar-refractivity contribution in [3.05, 3.63) is 132 Å². The zero-order chi connectivity index (χ0) is 24.0. The average molecular weight is 456 g/mol. The first kappa shape index (κ1) is 21.8. The standard InChI is InChI=1S/C29H21N5O/c1-30-23-11-13-26-25(18-23)27(15-16-31-26)33-24-12-14-28(32-19-24)29(35)34-22-9-7-21(8-10-22)17-20-5-3-2-4-6-20/h2-16,18-19H,17H2,(H,31,33)(H,34,35). The minimum atomic E-state index is -0.275. The third-order valence-corrected chi connectivity index (χ3v) is 5.59. The molecule has 0 bridgehead atoms. The summed E-state index contributed by atoms with van der Waals surface area (Å²) in [5, 5.41) is 7.05. The lowest BCUT2D eigenvalue weighted by atomic mass is 10.0. The second kappa shape index (κ2) is 9.86. The van der Waals surface area contributed by atoms with Crippen molar-refractivity contribution in [2.45, 2.75) is 6.42 Å². The molecule has 35 heavy (non-hydrogen) atoms. The van der Waals surface area contributed by atoms with Crippen LogP contribution in [0.3, 0.4) is 0 Å². The normalized spacial score (nSPS) is 10.5. The van der Waals surface area contributed by atoms with Gasteiger partial charge in [0, 0.05) is 23.0 Å². The van der Waals surface area contributed by atoms with Crippen LogP contribution in [0.2, 0.25) is 0 Å². The van der Waals surface area contributed by atoms with E-state index < -0.39 is 0 Å². The molecule has 0 spiro atoms. The summed E-state index contributed by atoms with van der Waals surface area (Å²) in [6.07, 6.45) is 4.17. The number of aromatic nitrogens is 2. The van der Waals surface area contributed by atoms with Gasteiger partial charge in [0.15, 0.2) is 5.69 Å². The molecule has 0 aliphatic rings. The van der Waals surface area contributed by atoms with Gasteiger partial charge < -0.3 is 10.6 Å². The largest absolute Gasteiger partial charge is 0.354 e. The van der Waals surface area contributed by atoms with Crippen LogP contribution in [0.25, 0.3) is 15.7 Å². The minimum Gasteiger partial charge on any atom is -0.354 e. The van der Waals surface area contributed by atoms with Crippen LogP contribution in [0.4, 0.5) is 22.7 Å². The van der Waals surface area contributed by atoms with Crippen molar-refractivity contribution in [1.82, 2.24) is 9.97 Å². The molecule has 0 unspecified atom stereocenters. The molecule has 2 N–H and O–H groups in total. The van der Waals surface area contributed by atoms with Crippen LogP contribution in [-0.4, -0.2) is 15.9 Å². The quantitative estimate of drug-likeness (QED) is 0.277. The lowest BCUT2D eigenvalue weighted by Gasteiger charge is -2.10. The molecule has 0 fully saturated rings. The Labute approximate surface area is 203 Å². The van der Waals surface area contributed by atoms with E-state index in [2.05, 4.69) is 37.6 Å². The maximum absolute atomic E-state index is 12.7. The highest BCUT2D eigenvalue weighted by Crippen LogP contribution is 2.28. The van der Waals surface area contributed by atoms with E-state index in [9.17, 15) is 4.79 Å². The van der Waals surface area contributed by atoms with Crippen molar-refractivity contribution in [3.63, 3.8) is 0 Å². The Bertz CT molecular complexity index is 1520. The van der Waals surface area contributed by atoms with Gasteiger partial charge >= 0.3 is 0 Å². The van der Waals surface area contributed by atoms with E-state index in [1.807, 2.05) is 54.6 Å². The van der Waals surface area contributed by atoms with Gasteiger partial charge in [-0.1, -0.05) is 48.5 Å². The van der Waals surface area contributed by atoms with E-state index in [1.165, 1.54) is 11.1 Å². The van der Waals surface area contributed by atoms with Gasteiger partial charge in [0.2, 0.25) is 0 Å². The number of pyridine rings is 2. The number of carbonyl (C=O) groups excluding carboxylic acids is 1. The van der Waals surface area contributed by atoms with Crippen LogP contribution in [0.1, 0.15) is 21.6 Å². The number of hydrogen-bond donors (Lipinski definition) is 2. The highest BCUT2D eigenvalue weighted by Gasteiger charge is 2.09. The molecule has 5 aromatic rings. The molecule has 0 radical (unpaired) electrons. The molecule has 0 aliphatic heterocycles. The Morgan fingerprint density at radius 3 is 2.34 bits per heavy atom. The fourth-order valence-corrected chi connectivity index (χ4v) is 3.80. The second-order valence-electron chi connectivity index (χ2n) is 8.04. The van der Waals surface area contributed by atoms with Crippen molar-refractivity contribution < 1.29 is 4.79 Å². The zero-order valence-electron chi connectivity index (χ0n) is 18.8. The SMILES string of the molecule is [C-]#[N+]c1ccc2nccc(Nc3ccc(C(=O)Nc4ccc(Cc5ccccc5)cc4)nc3)c2c1. The van der Waals surface area contributed by atoms with Gasteiger partial charge in [-0.15, -0.1) is 0 Å². The van der Waals surface area contributed by atoms with Crippen LogP contribution in [0.15, 0.2) is 103 Å². The summed E-state index contributed by atoms with van der Waals surface area (Å²) in [7, 11) is 0. The highest BCUT2D eigenvalue weighted by molar-refractivity contribution is 6.03.